The minimum Gasteiger partial charge on any atom is -0.273 e. The topological polar surface area (TPSA) is 88.2 Å². The lowest BCUT2D eigenvalue weighted by Gasteiger charge is -2.06. The van der Waals surface area contributed by atoms with Crippen LogP contribution in [-0.4, -0.2) is 25.1 Å². The third-order valence-corrected chi connectivity index (χ3v) is 7.25. The second-order valence-corrected chi connectivity index (χ2v) is 9.78. The molecule has 0 aliphatic heterocycles. The summed E-state index contributed by atoms with van der Waals surface area (Å²) >= 11 is 19.1. The molecule has 0 radical (unpaired) electrons. The minimum absolute atomic E-state index is 0.114. The van der Waals surface area contributed by atoms with Crippen LogP contribution in [0.15, 0.2) is 41.3 Å². The van der Waals surface area contributed by atoms with Crippen LogP contribution in [0.3, 0.4) is 0 Å². The standard InChI is InChI=1S/C16H12Cl3N3O3S2/c17-9-1-3-10(4-2-9)27(24,25)8-7-13(23)21-22-16-20-14-11(18)5-6-12(19)15(14)26-16/h1-6H,7-8H2,(H,20,22)(H,21,23). The first kappa shape index (κ1) is 20.2. The Kier molecular flexibility index (Phi) is 6.12. The summed E-state index contributed by atoms with van der Waals surface area (Å²) in [6, 6.07) is 9.08. The molecule has 1 aromatic heterocycles. The van der Waals surface area contributed by atoms with E-state index in [0.717, 1.165) is 0 Å². The molecule has 3 aromatic rings. The van der Waals surface area contributed by atoms with E-state index in [0.29, 0.717) is 30.4 Å². The summed E-state index contributed by atoms with van der Waals surface area (Å²) in [5, 5.41) is 1.76. The van der Waals surface area contributed by atoms with Gasteiger partial charge in [-0.25, -0.2) is 13.4 Å². The molecular formula is C16H12Cl3N3O3S2. The molecule has 27 heavy (non-hydrogen) atoms. The highest BCUT2D eigenvalue weighted by Crippen LogP contribution is 2.35. The first-order valence-corrected chi connectivity index (χ1v) is 11.1. The van der Waals surface area contributed by atoms with Crippen LogP contribution in [-0.2, 0) is 14.6 Å². The van der Waals surface area contributed by atoms with Crippen molar-refractivity contribution in [3.63, 3.8) is 0 Å². The number of thiazole rings is 1. The predicted molar refractivity (Wildman–Crippen MR) is 110 cm³/mol. The number of aromatic nitrogens is 1. The van der Waals surface area contributed by atoms with E-state index in [1.165, 1.54) is 35.6 Å². The van der Waals surface area contributed by atoms with E-state index in [2.05, 4.69) is 15.8 Å². The van der Waals surface area contributed by atoms with E-state index >= 15 is 0 Å². The average molecular weight is 465 g/mol. The van der Waals surface area contributed by atoms with Crippen LogP contribution in [0, 0.1) is 0 Å². The fraction of sp³-hybridized carbons (Fsp3) is 0.125. The maximum Gasteiger partial charge on any atom is 0.239 e. The normalized spacial score (nSPS) is 11.5. The van der Waals surface area contributed by atoms with E-state index in [9.17, 15) is 13.2 Å². The number of amides is 1. The Morgan fingerprint density at radius 3 is 2.37 bits per heavy atom. The number of halogens is 3. The number of nitrogens with zero attached hydrogens (tertiary/aromatic N) is 1. The van der Waals surface area contributed by atoms with Gasteiger partial charge in [0.25, 0.3) is 0 Å². The molecular weight excluding hydrogens is 453 g/mol. The molecule has 1 heterocycles. The lowest BCUT2D eigenvalue weighted by atomic mass is 10.3. The van der Waals surface area contributed by atoms with Crippen LogP contribution in [0.5, 0.6) is 0 Å². The van der Waals surface area contributed by atoms with Gasteiger partial charge >= 0.3 is 0 Å². The smallest absolute Gasteiger partial charge is 0.239 e. The molecule has 142 valence electrons. The molecule has 0 unspecified atom stereocenters. The van der Waals surface area contributed by atoms with Gasteiger partial charge in [-0.3, -0.25) is 15.6 Å². The van der Waals surface area contributed by atoms with Crippen molar-refractivity contribution in [2.75, 3.05) is 11.2 Å². The Labute approximate surface area is 174 Å². The summed E-state index contributed by atoms with van der Waals surface area (Å²) in [5.41, 5.74) is 5.59. The van der Waals surface area contributed by atoms with Crippen LogP contribution >= 0.6 is 46.1 Å². The molecule has 0 aliphatic rings. The molecule has 0 saturated heterocycles. The van der Waals surface area contributed by atoms with Crippen LogP contribution in [0.1, 0.15) is 6.42 Å². The molecule has 0 spiro atoms. The summed E-state index contributed by atoms with van der Waals surface area (Å²) < 4.78 is 25.1. The van der Waals surface area contributed by atoms with E-state index in [1.807, 2.05) is 0 Å². The minimum atomic E-state index is -3.58. The fourth-order valence-electron chi connectivity index (χ4n) is 2.17. The van der Waals surface area contributed by atoms with E-state index in [1.54, 1.807) is 12.1 Å². The number of nitrogens with one attached hydrogen (secondary N) is 2. The lowest BCUT2D eigenvalue weighted by Crippen LogP contribution is -2.30. The molecule has 11 heteroatoms. The van der Waals surface area contributed by atoms with Crippen molar-refractivity contribution in [1.82, 2.24) is 10.4 Å². The van der Waals surface area contributed by atoms with Crippen molar-refractivity contribution in [3.8, 4) is 0 Å². The predicted octanol–water partition coefficient (Wildman–Crippen LogP) is 4.56. The zero-order chi connectivity index (χ0) is 19.6. The number of benzene rings is 2. The van der Waals surface area contributed by atoms with Crippen molar-refractivity contribution in [2.24, 2.45) is 0 Å². The first-order valence-electron chi connectivity index (χ1n) is 7.54. The van der Waals surface area contributed by atoms with Crippen molar-refractivity contribution < 1.29 is 13.2 Å². The molecule has 2 aromatic carbocycles. The molecule has 0 saturated carbocycles. The third kappa shape index (κ3) is 4.83. The number of hydrogen-bond acceptors (Lipinski definition) is 6. The van der Waals surface area contributed by atoms with Gasteiger partial charge in [0.05, 0.1) is 25.4 Å². The van der Waals surface area contributed by atoms with Crippen LogP contribution < -0.4 is 10.9 Å². The van der Waals surface area contributed by atoms with Crippen molar-refractivity contribution in [2.45, 2.75) is 11.3 Å². The second-order valence-electron chi connectivity index (χ2n) is 5.42. The summed E-state index contributed by atoms with van der Waals surface area (Å²) in [4.78, 5) is 16.3. The summed E-state index contributed by atoms with van der Waals surface area (Å²) in [6.07, 6.45) is -0.218. The van der Waals surface area contributed by atoms with Crippen LogP contribution in [0.2, 0.25) is 15.1 Å². The van der Waals surface area contributed by atoms with Crippen LogP contribution in [0.4, 0.5) is 5.13 Å². The van der Waals surface area contributed by atoms with Gasteiger partial charge in [0.15, 0.2) is 9.84 Å². The van der Waals surface area contributed by atoms with Gasteiger partial charge in [-0.15, -0.1) is 0 Å². The highest BCUT2D eigenvalue weighted by Gasteiger charge is 2.17. The van der Waals surface area contributed by atoms with E-state index < -0.39 is 15.7 Å². The molecule has 0 bridgehead atoms. The zero-order valence-electron chi connectivity index (χ0n) is 13.5. The van der Waals surface area contributed by atoms with Gasteiger partial charge in [0.1, 0.15) is 5.52 Å². The first-order chi connectivity index (χ1) is 12.8. The lowest BCUT2D eigenvalue weighted by molar-refractivity contribution is -0.120. The van der Waals surface area contributed by atoms with Crippen LogP contribution in [0.25, 0.3) is 10.2 Å². The Bertz CT molecular complexity index is 1060. The number of fused-ring (bicyclic) bond motifs is 1. The van der Waals surface area contributed by atoms with Crippen molar-refractivity contribution >= 4 is 77.2 Å². The van der Waals surface area contributed by atoms with Gasteiger partial charge < -0.3 is 0 Å². The second kappa shape index (κ2) is 8.20. The fourth-order valence-corrected chi connectivity index (χ4v) is 4.91. The van der Waals surface area contributed by atoms with E-state index in [-0.39, 0.29) is 17.1 Å². The van der Waals surface area contributed by atoms with E-state index in [4.69, 9.17) is 34.8 Å². The highest BCUT2D eigenvalue weighted by atomic mass is 35.5. The number of carbonyl (C=O) groups excluding carboxylic acids is 1. The average Bonchev–Trinajstić information content (AvgIpc) is 3.07. The third-order valence-electron chi connectivity index (χ3n) is 3.53. The van der Waals surface area contributed by atoms with Gasteiger partial charge in [-0.1, -0.05) is 46.1 Å². The largest absolute Gasteiger partial charge is 0.273 e. The quantitative estimate of drug-likeness (QED) is 0.522. The molecule has 6 nitrogen and oxygen atoms in total. The summed E-state index contributed by atoms with van der Waals surface area (Å²) in [6.45, 7) is 0. The number of rotatable bonds is 6. The zero-order valence-corrected chi connectivity index (χ0v) is 17.4. The van der Waals surface area contributed by atoms with Gasteiger partial charge in [0, 0.05) is 11.4 Å². The Hall–Kier alpha value is -1.58. The summed E-state index contributed by atoms with van der Waals surface area (Å²) in [5.74, 6) is -0.830. The highest BCUT2D eigenvalue weighted by molar-refractivity contribution is 7.91. The monoisotopic (exact) mass is 463 g/mol. The summed E-state index contributed by atoms with van der Waals surface area (Å²) in [7, 11) is -3.58. The maximum atomic E-state index is 12.2. The number of sulfone groups is 1. The molecule has 3 rings (SSSR count). The number of hydrazine groups is 1. The van der Waals surface area contributed by atoms with Gasteiger partial charge in [-0.2, -0.15) is 0 Å². The number of carbonyl (C=O) groups is 1. The molecule has 1 amide bonds. The Morgan fingerprint density at radius 2 is 1.70 bits per heavy atom. The Balaban J connectivity index is 1.59. The molecule has 0 fully saturated rings. The van der Waals surface area contributed by atoms with Crippen molar-refractivity contribution in [3.05, 3.63) is 51.5 Å². The molecule has 2 N–H and O–H groups in total. The Morgan fingerprint density at radius 1 is 1.04 bits per heavy atom. The van der Waals surface area contributed by atoms with Gasteiger partial charge in [0.2, 0.25) is 11.0 Å². The molecule has 0 atom stereocenters. The molecule has 0 aliphatic carbocycles. The van der Waals surface area contributed by atoms with Gasteiger partial charge in [-0.05, 0) is 36.4 Å². The SMILES string of the molecule is O=C(CCS(=O)(=O)c1ccc(Cl)cc1)NNc1nc2c(Cl)ccc(Cl)c2s1. The number of hydrogen-bond donors (Lipinski definition) is 2. The number of anilines is 1. The van der Waals surface area contributed by atoms with Crippen molar-refractivity contribution in [1.29, 1.82) is 0 Å². The maximum absolute atomic E-state index is 12.2.